The summed E-state index contributed by atoms with van der Waals surface area (Å²) in [4.78, 5) is 0. The zero-order valence-corrected chi connectivity index (χ0v) is 8.16. The lowest BCUT2D eigenvalue weighted by molar-refractivity contribution is 0.0502. The first-order valence-corrected chi connectivity index (χ1v) is 4.61. The van der Waals surface area contributed by atoms with Crippen LogP contribution >= 0.6 is 0 Å². The predicted octanol–water partition coefficient (Wildman–Crippen LogP) is 1.56. The molecule has 1 aliphatic heterocycles. The van der Waals surface area contributed by atoms with E-state index in [0.717, 1.165) is 0 Å². The third-order valence-corrected chi connectivity index (χ3v) is 3.04. The van der Waals surface area contributed by atoms with Gasteiger partial charge in [-0.15, -0.1) is 6.58 Å². The number of hydrogen-bond acceptors (Lipinski definition) is 2. The Morgan fingerprint density at radius 2 is 1.92 bits per heavy atom. The van der Waals surface area contributed by atoms with Crippen molar-refractivity contribution < 1.29 is 4.74 Å². The van der Waals surface area contributed by atoms with Crippen molar-refractivity contribution in [2.75, 3.05) is 0 Å². The number of hydrogen-bond donors (Lipinski definition) is 1. The van der Waals surface area contributed by atoms with E-state index in [2.05, 4.69) is 27.4 Å². The maximum absolute atomic E-state index is 5.92. The van der Waals surface area contributed by atoms with Gasteiger partial charge in [0, 0.05) is 12.0 Å². The van der Waals surface area contributed by atoms with E-state index in [1.165, 1.54) is 0 Å². The smallest absolute Gasteiger partial charge is 0.0600 e. The standard InChI is InChI=1S/C10H19NO/c1-5-9(11)10-6(2)7(3)12-8(10)4/h5-10H,1,11H2,2-4H3. The summed E-state index contributed by atoms with van der Waals surface area (Å²) in [5.74, 6) is 0.963. The van der Waals surface area contributed by atoms with Crippen LogP contribution in [0.5, 0.6) is 0 Å². The molecule has 5 unspecified atom stereocenters. The van der Waals surface area contributed by atoms with Gasteiger partial charge < -0.3 is 10.5 Å². The van der Waals surface area contributed by atoms with Crippen LogP contribution in [0.25, 0.3) is 0 Å². The molecule has 0 aromatic heterocycles. The highest BCUT2D eigenvalue weighted by Crippen LogP contribution is 2.33. The lowest BCUT2D eigenvalue weighted by Crippen LogP contribution is -2.35. The van der Waals surface area contributed by atoms with Gasteiger partial charge in [-0.3, -0.25) is 0 Å². The van der Waals surface area contributed by atoms with E-state index in [-0.39, 0.29) is 12.1 Å². The summed E-state index contributed by atoms with van der Waals surface area (Å²) in [6.07, 6.45) is 2.41. The van der Waals surface area contributed by atoms with Crippen LogP contribution < -0.4 is 5.73 Å². The Bertz CT molecular complexity index is 169. The maximum atomic E-state index is 5.92. The normalized spacial score (nSPS) is 44.3. The summed E-state index contributed by atoms with van der Waals surface area (Å²) in [5, 5.41) is 0. The summed E-state index contributed by atoms with van der Waals surface area (Å²) < 4.78 is 5.68. The zero-order chi connectivity index (χ0) is 9.30. The van der Waals surface area contributed by atoms with Gasteiger partial charge in [0.15, 0.2) is 0 Å². The minimum Gasteiger partial charge on any atom is -0.375 e. The molecule has 0 amide bonds. The molecule has 1 rings (SSSR count). The minimum atomic E-state index is 0.0694. The molecule has 70 valence electrons. The van der Waals surface area contributed by atoms with Crippen LogP contribution in [-0.4, -0.2) is 18.2 Å². The lowest BCUT2D eigenvalue weighted by atomic mass is 9.84. The first kappa shape index (κ1) is 9.75. The van der Waals surface area contributed by atoms with E-state index >= 15 is 0 Å². The van der Waals surface area contributed by atoms with Gasteiger partial charge in [0.05, 0.1) is 12.2 Å². The Balaban J connectivity index is 2.68. The van der Waals surface area contributed by atoms with Gasteiger partial charge in [-0.1, -0.05) is 13.0 Å². The van der Waals surface area contributed by atoms with Crippen LogP contribution in [0.2, 0.25) is 0 Å². The van der Waals surface area contributed by atoms with Gasteiger partial charge in [0.1, 0.15) is 0 Å². The second kappa shape index (κ2) is 3.58. The highest BCUT2D eigenvalue weighted by molar-refractivity contribution is 4.97. The Morgan fingerprint density at radius 3 is 2.25 bits per heavy atom. The molecule has 2 heteroatoms. The molecule has 0 aromatic carbocycles. The van der Waals surface area contributed by atoms with Gasteiger partial charge in [0.25, 0.3) is 0 Å². The van der Waals surface area contributed by atoms with Crippen molar-refractivity contribution in [3.63, 3.8) is 0 Å². The Hall–Kier alpha value is -0.340. The average Bonchev–Trinajstić information content (AvgIpc) is 2.26. The van der Waals surface area contributed by atoms with Crippen molar-refractivity contribution in [3.8, 4) is 0 Å². The third kappa shape index (κ3) is 1.54. The fraction of sp³-hybridized carbons (Fsp3) is 0.800. The van der Waals surface area contributed by atoms with E-state index < -0.39 is 0 Å². The molecule has 0 bridgehead atoms. The van der Waals surface area contributed by atoms with E-state index in [0.29, 0.717) is 17.9 Å². The van der Waals surface area contributed by atoms with E-state index in [9.17, 15) is 0 Å². The summed E-state index contributed by atoms with van der Waals surface area (Å²) in [6, 6.07) is 0.0694. The third-order valence-electron chi connectivity index (χ3n) is 3.04. The topological polar surface area (TPSA) is 35.2 Å². The molecule has 0 aromatic rings. The molecule has 1 fully saturated rings. The van der Waals surface area contributed by atoms with Gasteiger partial charge in [-0.05, 0) is 19.8 Å². The van der Waals surface area contributed by atoms with Crippen molar-refractivity contribution >= 4 is 0 Å². The highest BCUT2D eigenvalue weighted by atomic mass is 16.5. The molecule has 12 heavy (non-hydrogen) atoms. The fourth-order valence-corrected chi connectivity index (χ4v) is 2.11. The summed E-state index contributed by atoms with van der Waals surface area (Å²) in [5.41, 5.74) is 5.92. The Kier molecular flexibility index (Phi) is 2.91. The summed E-state index contributed by atoms with van der Waals surface area (Å²) in [7, 11) is 0. The van der Waals surface area contributed by atoms with Crippen LogP contribution in [0.3, 0.4) is 0 Å². The molecule has 1 heterocycles. The molecule has 0 radical (unpaired) electrons. The number of rotatable bonds is 2. The highest BCUT2D eigenvalue weighted by Gasteiger charge is 2.39. The van der Waals surface area contributed by atoms with Crippen molar-refractivity contribution in [1.29, 1.82) is 0 Å². The molecule has 0 aliphatic carbocycles. The molecule has 0 saturated carbocycles. The monoisotopic (exact) mass is 169 g/mol. The predicted molar refractivity (Wildman–Crippen MR) is 50.8 cm³/mol. The van der Waals surface area contributed by atoms with Gasteiger partial charge in [0.2, 0.25) is 0 Å². The van der Waals surface area contributed by atoms with Crippen molar-refractivity contribution in [2.45, 2.75) is 39.0 Å². The van der Waals surface area contributed by atoms with Gasteiger partial charge in [-0.25, -0.2) is 0 Å². The number of ether oxygens (including phenoxy) is 1. The molecule has 1 saturated heterocycles. The van der Waals surface area contributed by atoms with Crippen LogP contribution in [-0.2, 0) is 4.74 Å². The fourth-order valence-electron chi connectivity index (χ4n) is 2.11. The quantitative estimate of drug-likeness (QED) is 0.637. The molecule has 2 N–H and O–H groups in total. The van der Waals surface area contributed by atoms with Crippen LogP contribution in [0.15, 0.2) is 12.7 Å². The van der Waals surface area contributed by atoms with Crippen molar-refractivity contribution in [1.82, 2.24) is 0 Å². The lowest BCUT2D eigenvalue weighted by Gasteiger charge is -2.22. The summed E-state index contributed by atoms with van der Waals surface area (Å²) in [6.45, 7) is 10.1. The molecule has 1 aliphatic rings. The van der Waals surface area contributed by atoms with E-state index in [1.54, 1.807) is 0 Å². The molecule has 5 atom stereocenters. The largest absolute Gasteiger partial charge is 0.375 e. The van der Waals surface area contributed by atoms with E-state index in [1.807, 2.05) is 6.08 Å². The Labute approximate surface area is 74.8 Å². The Morgan fingerprint density at radius 1 is 1.33 bits per heavy atom. The van der Waals surface area contributed by atoms with Crippen LogP contribution in [0.4, 0.5) is 0 Å². The van der Waals surface area contributed by atoms with Gasteiger partial charge in [-0.2, -0.15) is 0 Å². The zero-order valence-electron chi connectivity index (χ0n) is 8.16. The van der Waals surface area contributed by atoms with Gasteiger partial charge >= 0.3 is 0 Å². The first-order chi connectivity index (χ1) is 5.57. The molecule has 0 spiro atoms. The van der Waals surface area contributed by atoms with Crippen molar-refractivity contribution in [2.24, 2.45) is 17.6 Å². The maximum Gasteiger partial charge on any atom is 0.0600 e. The first-order valence-electron chi connectivity index (χ1n) is 4.61. The minimum absolute atomic E-state index is 0.0694. The van der Waals surface area contributed by atoms with Crippen molar-refractivity contribution in [3.05, 3.63) is 12.7 Å². The van der Waals surface area contributed by atoms with Crippen LogP contribution in [0, 0.1) is 11.8 Å². The SMILES string of the molecule is C=CC(N)C1C(C)OC(C)C1C. The second-order valence-corrected chi connectivity index (χ2v) is 3.80. The molecular formula is C10H19NO. The second-order valence-electron chi connectivity index (χ2n) is 3.80. The average molecular weight is 169 g/mol. The molecular weight excluding hydrogens is 150 g/mol. The van der Waals surface area contributed by atoms with Crippen LogP contribution in [0.1, 0.15) is 20.8 Å². The van der Waals surface area contributed by atoms with E-state index in [4.69, 9.17) is 10.5 Å². The summed E-state index contributed by atoms with van der Waals surface area (Å²) >= 11 is 0. The number of nitrogens with two attached hydrogens (primary N) is 1. The molecule has 2 nitrogen and oxygen atoms in total.